The Labute approximate surface area is 204 Å². The summed E-state index contributed by atoms with van der Waals surface area (Å²) in [5.41, 5.74) is 0.686. The lowest BCUT2D eigenvalue weighted by Gasteiger charge is -2.38. The second kappa shape index (κ2) is 12.1. The molecule has 1 aliphatic rings. The van der Waals surface area contributed by atoms with E-state index in [1.165, 1.54) is 12.4 Å². The van der Waals surface area contributed by atoms with E-state index in [9.17, 15) is 23.2 Å². The van der Waals surface area contributed by atoms with Crippen molar-refractivity contribution in [2.75, 3.05) is 13.1 Å². The number of halogens is 3. The summed E-state index contributed by atoms with van der Waals surface area (Å²) in [6, 6.07) is 4.08. The number of carbonyl (C=O) groups excluding carboxylic acids is 1. The van der Waals surface area contributed by atoms with Gasteiger partial charge in [-0.1, -0.05) is 49.1 Å². The van der Waals surface area contributed by atoms with Gasteiger partial charge in [0.15, 0.2) is 0 Å². The fourth-order valence-electron chi connectivity index (χ4n) is 3.76. The van der Waals surface area contributed by atoms with E-state index >= 15 is 0 Å². The highest BCUT2D eigenvalue weighted by Gasteiger charge is 2.37. The number of likely N-dealkylation sites (tertiary alicyclic amines) is 1. The summed E-state index contributed by atoms with van der Waals surface area (Å²) >= 11 is 0. The number of nitrogens with zero attached hydrogens (tertiary/aromatic N) is 4. The first-order chi connectivity index (χ1) is 16.6. The first-order valence-electron chi connectivity index (χ1n) is 11.1. The summed E-state index contributed by atoms with van der Waals surface area (Å²) < 4.78 is 38.2. The predicted molar refractivity (Wildman–Crippen MR) is 131 cm³/mol. The molecule has 5 nitrogen and oxygen atoms in total. The molecule has 1 amide bonds. The van der Waals surface area contributed by atoms with Gasteiger partial charge < -0.3 is 4.90 Å². The molecule has 1 aromatic rings. The van der Waals surface area contributed by atoms with Gasteiger partial charge in [-0.15, -0.1) is 0 Å². The Morgan fingerprint density at radius 1 is 1.29 bits per heavy atom. The minimum Gasteiger partial charge on any atom is -0.339 e. The molecule has 0 saturated carbocycles. The van der Waals surface area contributed by atoms with Crippen molar-refractivity contribution < 1.29 is 18.0 Å². The fourth-order valence-corrected chi connectivity index (χ4v) is 3.76. The summed E-state index contributed by atoms with van der Waals surface area (Å²) in [5, 5.41) is 9.93. The first-order valence-corrected chi connectivity index (χ1v) is 11.1. The van der Waals surface area contributed by atoms with Gasteiger partial charge in [0.25, 0.3) is 5.91 Å². The van der Waals surface area contributed by atoms with Crippen molar-refractivity contribution in [3.05, 3.63) is 90.6 Å². The maximum absolute atomic E-state index is 13.4. The maximum atomic E-state index is 13.4. The van der Waals surface area contributed by atoms with Gasteiger partial charge in [-0.25, -0.2) is 9.97 Å². The zero-order chi connectivity index (χ0) is 26.1. The van der Waals surface area contributed by atoms with Crippen LogP contribution in [0.2, 0.25) is 0 Å². The number of hydrogen-bond acceptors (Lipinski definition) is 4. The number of alkyl halides is 3. The van der Waals surface area contributed by atoms with Crippen molar-refractivity contribution in [1.82, 2.24) is 14.9 Å². The fraction of sp³-hybridized carbons (Fsp3) is 0.333. The van der Waals surface area contributed by atoms with Crippen molar-refractivity contribution in [2.24, 2.45) is 5.41 Å². The van der Waals surface area contributed by atoms with E-state index in [1.807, 2.05) is 6.92 Å². The van der Waals surface area contributed by atoms with Crippen molar-refractivity contribution in [1.29, 1.82) is 5.26 Å². The molecular weight excluding hydrogens is 453 g/mol. The summed E-state index contributed by atoms with van der Waals surface area (Å²) in [4.78, 5) is 23.2. The highest BCUT2D eigenvalue weighted by molar-refractivity contribution is 6.03. The molecule has 184 valence electrons. The first kappa shape index (κ1) is 27.5. The maximum Gasteiger partial charge on any atom is 0.415 e. The van der Waals surface area contributed by atoms with Crippen LogP contribution in [-0.4, -0.2) is 40.0 Å². The molecule has 2 heterocycles. The average molecular weight is 483 g/mol. The highest BCUT2D eigenvalue weighted by Crippen LogP contribution is 2.38. The molecule has 1 aromatic heterocycles. The Morgan fingerprint density at radius 3 is 2.49 bits per heavy atom. The highest BCUT2D eigenvalue weighted by atomic mass is 19.4. The van der Waals surface area contributed by atoms with E-state index in [1.54, 1.807) is 48.4 Å². The molecule has 0 bridgehead atoms. The van der Waals surface area contributed by atoms with E-state index < -0.39 is 17.2 Å². The normalized spacial score (nSPS) is 17.3. The van der Waals surface area contributed by atoms with Crippen LogP contribution >= 0.6 is 0 Å². The Bertz CT molecular complexity index is 1100. The molecule has 0 N–H and O–H groups in total. The van der Waals surface area contributed by atoms with E-state index in [0.29, 0.717) is 54.8 Å². The van der Waals surface area contributed by atoms with Gasteiger partial charge in [-0.05, 0) is 50.8 Å². The third kappa shape index (κ3) is 7.38. The zero-order valence-electron chi connectivity index (χ0n) is 20.0. The van der Waals surface area contributed by atoms with Crippen LogP contribution in [0.15, 0.2) is 84.9 Å². The van der Waals surface area contributed by atoms with Crippen LogP contribution in [0.5, 0.6) is 0 Å². The second-order valence-corrected chi connectivity index (χ2v) is 8.31. The van der Waals surface area contributed by atoms with Crippen LogP contribution in [0.25, 0.3) is 5.57 Å². The van der Waals surface area contributed by atoms with Crippen LogP contribution in [0.1, 0.15) is 38.8 Å². The van der Waals surface area contributed by atoms with E-state index in [0.717, 1.165) is 6.08 Å². The quantitative estimate of drug-likeness (QED) is 0.330. The number of aromatic nitrogens is 2. The Hall–Kier alpha value is -3.73. The molecule has 1 aliphatic heterocycles. The molecule has 8 heteroatoms. The second-order valence-electron chi connectivity index (χ2n) is 8.31. The minimum atomic E-state index is -4.50. The molecule has 2 rings (SSSR count). The summed E-state index contributed by atoms with van der Waals surface area (Å²) in [6.45, 7) is 11.0. The van der Waals surface area contributed by atoms with Gasteiger partial charge in [0.1, 0.15) is 6.33 Å². The van der Waals surface area contributed by atoms with Crippen LogP contribution < -0.4 is 0 Å². The van der Waals surface area contributed by atoms with Gasteiger partial charge in [-0.2, -0.15) is 18.4 Å². The molecule has 1 fully saturated rings. The molecule has 35 heavy (non-hydrogen) atoms. The lowest BCUT2D eigenvalue weighted by Crippen LogP contribution is -2.43. The standard InChI is InChI=1S/C27H29F3N4O/c1-5-7-8-23(21(4)24-11-14-32-19-33-24)25(35)34-15-12-26(18-31,13-16-34)17-22(6-2)10-9-20(3)27(28,29)30/h5-11,14,19H,1,3,12-13,15-17H2,2,4H3/b8-7-,10-9-,22-6+,23-21-. The summed E-state index contributed by atoms with van der Waals surface area (Å²) in [6.07, 6.45) is 8.57. The van der Waals surface area contributed by atoms with Crippen LogP contribution in [-0.2, 0) is 4.79 Å². The molecule has 0 aromatic carbocycles. The monoisotopic (exact) mass is 482 g/mol. The molecule has 0 spiro atoms. The van der Waals surface area contributed by atoms with Gasteiger partial charge in [0.2, 0.25) is 0 Å². The van der Waals surface area contributed by atoms with E-state index in [2.05, 4.69) is 29.2 Å². The zero-order valence-corrected chi connectivity index (χ0v) is 20.0. The number of rotatable bonds is 8. The van der Waals surface area contributed by atoms with Crippen LogP contribution in [0.3, 0.4) is 0 Å². The number of carbonyl (C=O) groups is 1. The third-order valence-corrected chi connectivity index (χ3v) is 6.02. The molecule has 0 atom stereocenters. The minimum absolute atomic E-state index is 0.182. The van der Waals surface area contributed by atoms with Crippen LogP contribution in [0, 0.1) is 16.7 Å². The Morgan fingerprint density at radius 2 is 1.97 bits per heavy atom. The number of nitriles is 1. The van der Waals surface area contributed by atoms with E-state index in [-0.39, 0.29) is 5.91 Å². The molecule has 0 unspecified atom stereocenters. The molecule has 1 saturated heterocycles. The Kier molecular flexibility index (Phi) is 9.52. The molecule has 0 radical (unpaired) electrons. The number of hydrogen-bond donors (Lipinski definition) is 0. The van der Waals surface area contributed by atoms with Gasteiger partial charge in [-0.3, -0.25) is 4.79 Å². The van der Waals surface area contributed by atoms with E-state index in [4.69, 9.17) is 0 Å². The molecule has 0 aliphatic carbocycles. The van der Waals surface area contributed by atoms with Crippen molar-refractivity contribution in [3.8, 4) is 6.07 Å². The van der Waals surface area contributed by atoms with Crippen LogP contribution in [0.4, 0.5) is 13.2 Å². The van der Waals surface area contributed by atoms with Crippen molar-refractivity contribution in [3.63, 3.8) is 0 Å². The summed E-state index contributed by atoms with van der Waals surface area (Å²) in [5.74, 6) is -0.182. The lowest BCUT2D eigenvalue weighted by molar-refractivity contribution is -0.128. The third-order valence-electron chi connectivity index (χ3n) is 6.02. The van der Waals surface area contributed by atoms with Crippen molar-refractivity contribution >= 4 is 11.5 Å². The smallest absolute Gasteiger partial charge is 0.339 e. The van der Waals surface area contributed by atoms with Crippen molar-refractivity contribution in [2.45, 2.75) is 39.3 Å². The lowest BCUT2D eigenvalue weighted by atomic mass is 9.74. The molecular formula is C27H29F3N4O. The Balaban J connectivity index is 2.19. The number of amides is 1. The number of piperidine rings is 1. The van der Waals surface area contributed by atoms with Gasteiger partial charge >= 0.3 is 6.18 Å². The number of allylic oxidation sites excluding steroid dienone is 8. The van der Waals surface area contributed by atoms with Gasteiger partial charge in [0.05, 0.1) is 17.2 Å². The largest absolute Gasteiger partial charge is 0.415 e. The topological polar surface area (TPSA) is 69.9 Å². The average Bonchev–Trinajstić information content (AvgIpc) is 2.86. The van der Waals surface area contributed by atoms with Gasteiger partial charge in [0, 0.05) is 30.4 Å². The predicted octanol–water partition coefficient (Wildman–Crippen LogP) is 6.14. The SMILES string of the molecule is C=C/C=C\C(C(=O)N1CCC(C#N)(CC(/C=C\C(=C)C(F)(F)F)=C/C)CC1)=C(/C)c1ccncn1. The summed E-state index contributed by atoms with van der Waals surface area (Å²) in [7, 11) is 0.